The van der Waals surface area contributed by atoms with Gasteiger partial charge < -0.3 is 5.32 Å². The molecule has 0 spiro atoms. The SMILES string of the molecule is CNC(=O)CN1C(=O)[C@H]2[C@H](C1=O)[C@H]1C=C[C@H]2CC1. The summed E-state index contributed by atoms with van der Waals surface area (Å²) in [6.07, 6.45) is 6.11. The number of carbonyl (C=O) groups is 3. The number of imide groups is 1. The number of nitrogens with zero attached hydrogens (tertiary/aromatic N) is 1. The average Bonchev–Trinajstić information content (AvgIpc) is 2.67. The number of rotatable bonds is 2. The van der Waals surface area contributed by atoms with E-state index in [2.05, 4.69) is 17.5 Å². The van der Waals surface area contributed by atoms with Crippen molar-refractivity contribution in [3.8, 4) is 0 Å². The van der Waals surface area contributed by atoms with Gasteiger partial charge in [-0.25, -0.2) is 0 Å². The Bertz CT molecular complexity index is 425. The number of nitrogens with one attached hydrogen (secondary N) is 1. The number of carbonyl (C=O) groups excluding carboxylic acids is 3. The summed E-state index contributed by atoms with van der Waals surface area (Å²) in [7, 11) is 1.51. The lowest BCUT2D eigenvalue weighted by atomic mass is 9.63. The van der Waals surface area contributed by atoms with Gasteiger partial charge in [0.25, 0.3) is 0 Å². The smallest absolute Gasteiger partial charge is 0.239 e. The van der Waals surface area contributed by atoms with E-state index in [1.807, 2.05) is 0 Å². The van der Waals surface area contributed by atoms with Crippen molar-refractivity contribution in [2.45, 2.75) is 12.8 Å². The first-order valence-electron chi connectivity index (χ1n) is 6.37. The van der Waals surface area contributed by atoms with Gasteiger partial charge in [-0.1, -0.05) is 12.2 Å². The molecular formula is C13H16N2O3. The number of hydrogen-bond acceptors (Lipinski definition) is 3. The minimum Gasteiger partial charge on any atom is -0.358 e. The Morgan fingerprint density at radius 3 is 2.11 bits per heavy atom. The molecule has 2 fully saturated rings. The fourth-order valence-corrected chi connectivity index (χ4v) is 3.51. The highest BCUT2D eigenvalue weighted by Gasteiger charge is 2.56. The lowest BCUT2D eigenvalue weighted by Gasteiger charge is -2.38. The lowest BCUT2D eigenvalue weighted by Crippen LogP contribution is -2.40. The van der Waals surface area contributed by atoms with Gasteiger partial charge in [-0.3, -0.25) is 19.3 Å². The van der Waals surface area contributed by atoms with E-state index in [9.17, 15) is 14.4 Å². The quantitative estimate of drug-likeness (QED) is 0.549. The maximum absolute atomic E-state index is 12.3. The van der Waals surface area contributed by atoms with Crippen LogP contribution in [0.3, 0.4) is 0 Å². The normalized spacial score (nSPS) is 37.1. The summed E-state index contributed by atoms with van der Waals surface area (Å²) in [4.78, 5) is 37.1. The van der Waals surface area contributed by atoms with Crippen LogP contribution >= 0.6 is 0 Å². The predicted octanol–water partition coefficient (Wildman–Crippen LogP) is -0.0704. The summed E-state index contributed by atoms with van der Waals surface area (Å²) in [5, 5.41) is 2.45. The third-order valence-electron chi connectivity index (χ3n) is 4.43. The van der Waals surface area contributed by atoms with Crippen molar-refractivity contribution in [3.05, 3.63) is 12.2 Å². The highest BCUT2D eigenvalue weighted by Crippen LogP contribution is 2.49. The number of likely N-dealkylation sites (tertiary alicyclic amines) is 1. The van der Waals surface area contributed by atoms with Crippen LogP contribution in [0.25, 0.3) is 0 Å². The zero-order chi connectivity index (χ0) is 12.9. The summed E-state index contributed by atoms with van der Waals surface area (Å²) in [5.74, 6) is -0.676. The molecule has 96 valence electrons. The Kier molecular flexibility index (Phi) is 2.50. The average molecular weight is 248 g/mol. The van der Waals surface area contributed by atoms with E-state index < -0.39 is 0 Å². The van der Waals surface area contributed by atoms with Crippen LogP contribution in [-0.2, 0) is 14.4 Å². The molecule has 5 heteroatoms. The van der Waals surface area contributed by atoms with E-state index in [1.54, 1.807) is 0 Å². The highest BCUT2D eigenvalue weighted by atomic mass is 16.2. The highest BCUT2D eigenvalue weighted by molar-refractivity contribution is 6.08. The molecule has 1 aliphatic heterocycles. The van der Waals surface area contributed by atoms with Crippen LogP contribution in [0.15, 0.2) is 12.2 Å². The van der Waals surface area contributed by atoms with Crippen LogP contribution in [0.5, 0.6) is 0 Å². The topological polar surface area (TPSA) is 66.5 Å². The van der Waals surface area contributed by atoms with Crippen molar-refractivity contribution in [2.24, 2.45) is 23.7 Å². The molecule has 1 saturated heterocycles. The number of amides is 3. The maximum atomic E-state index is 12.3. The molecule has 18 heavy (non-hydrogen) atoms. The summed E-state index contributed by atoms with van der Waals surface area (Å²) < 4.78 is 0. The fourth-order valence-electron chi connectivity index (χ4n) is 3.51. The van der Waals surface area contributed by atoms with Crippen LogP contribution in [0.2, 0.25) is 0 Å². The van der Waals surface area contributed by atoms with Gasteiger partial charge in [0.05, 0.1) is 11.8 Å². The molecule has 1 saturated carbocycles. The standard InChI is InChI=1S/C13H16N2O3/c1-14-9(16)6-15-12(17)10-7-2-3-8(5-4-7)11(10)13(15)18/h2-3,7-8,10-11H,4-6H2,1H3,(H,14,16)/t7-,8-,10+,11+/m0/s1. The molecule has 4 rings (SSSR count). The molecule has 1 heterocycles. The van der Waals surface area contributed by atoms with Crippen molar-refractivity contribution in [1.29, 1.82) is 0 Å². The Morgan fingerprint density at radius 2 is 1.72 bits per heavy atom. The molecule has 1 N–H and O–H groups in total. The summed E-state index contributed by atoms with van der Waals surface area (Å²) in [6.45, 7) is -0.138. The Hall–Kier alpha value is -1.65. The molecule has 2 bridgehead atoms. The summed E-state index contributed by atoms with van der Waals surface area (Å²) in [5.41, 5.74) is 0. The summed E-state index contributed by atoms with van der Waals surface area (Å²) >= 11 is 0. The first-order valence-corrected chi connectivity index (χ1v) is 6.37. The van der Waals surface area contributed by atoms with Gasteiger partial charge in [0.2, 0.25) is 17.7 Å². The zero-order valence-corrected chi connectivity index (χ0v) is 10.3. The minimum absolute atomic E-state index is 0.138. The second-order valence-electron chi connectivity index (χ2n) is 5.28. The van der Waals surface area contributed by atoms with E-state index in [4.69, 9.17) is 0 Å². The molecule has 0 aromatic carbocycles. The third-order valence-corrected chi connectivity index (χ3v) is 4.43. The van der Waals surface area contributed by atoms with Crippen LogP contribution in [0.1, 0.15) is 12.8 Å². The monoisotopic (exact) mass is 248 g/mol. The number of likely N-dealkylation sites (N-methyl/N-ethyl adjacent to an activating group) is 1. The van der Waals surface area contributed by atoms with E-state index >= 15 is 0 Å². The van der Waals surface area contributed by atoms with Gasteiger partial charge in [0, 0.05) is 7.05 Å². The Labute approximate surface area is 105 Å². The van der Waals surface area contributed by atoms with Crippen molar-refractivity contribution in [3.63, 3.8) is 0 Å². The Morgan fingerprint density at radius 1 is 1.22 bits per heavy atom. The molecule has 0 aromatic heterocycles. The van der Waals surface area contributed by atoms with E-state index in [1.165, 1.54) is 7.05 Å². The molecular weight excluding hydrogens is 232 g/mol. The summed E-state index contributed by atoms with van der Waals surface area (Å²) in [6, 6.07) is 0. The van der Waals surface area contributed by atoms with Gasteiger partial charge in [-0.05, 0) is 24.7 Å². The predicted molar refractivity (Wildman–Crippen MR) is 63.1 cm³/mol. The van der Waals surface area contributed by atoms with Gasteiger partial charge >= 0.3 is 0 Å². The fraction of sp³-hybridized carbons (Fsp3) is 0.615. The molecule has 0 unspecified atom stereocenters. The van der Waals surface area contributed by atoms with Crippen LogP contribution in [-0.4, -0.2) is 36.2 Å². The molecule has 3 amide bonds. The second-order valence-corrected chi connectivity index (χ2v) is 5.28. The molecule has 4 aliphatic rings. The molecule has 0 radical (unpaired) electrons. The molecule has 0 aromatic rings. The minimum atomic E-state index is -0.296. The van der Waals surface area contributed by atoms with Gasteiger partial charge in [0.15, 0.2) is 0 Å². The van der Waals surface area contributed by atoms with Crippen molar-refractivity contribution in [1.82, 2.24) is 10.2 Å². The maximum Gasteiger partial charge on any atom is 0.239 e. The van der Waals surface area contributed by atoms with E-state index in [0.717, 1.165) is 17.7 Å². The number of hydrogen-bond donors (Lipinski definition) is 1. The first-order chi connectivity index (χ1) is 8.63. The molecule has 5 nitrogen and oxygen atoms in total. The van der Waals surface area contributed by atoms with Crippen LogP contribution in [0.4, 0.5) is 0 Å². The van der Waals surface area contributed by atoms with Gasteiger partial charge in [-0.2, -0.15) is 0 Å². The van der Waals surface area contributed by atoms with Gasteiger partial charge in [-0.15, -0.1) is 0 Å². The zero-order valence-electron chi connectivity index (χ0n) is 10.3. The second kappa shape index (κ2) is 3.93. The third kappa shape index (κ3) is 1.43. The van der Waals surface area contributed by atoms with Crippen molar-refractivity contribution in [2.75, 3.05) is 13.6 Å². The van der Waals surface area contributed by atoms with Crippen molar-refractivity contribution < 1.29 is 14.4 Å². The van der Waals surface area contributed by atoms with Crippen molar-refractivity contribution >= 4 is 17.7 Å². The van der Waals surface area contributed by atoms with E-state index in [0.29, 0.717) is 0 Å². The molecule has 3 aliphatic carbocycles. The number of fused-ring (bicyclic) bond motifs is 1. The first kappa shape index (κ1) is 11.4. The largest absolute Gasteiger partial charge is 0.358 e. The molecule has 4 atom stereocenters. The van der Waals surface area contributed by atoms with Gasteiger partial charge in [0.1, 0.15) is 6.54 Å². The Balaban J connectivity index is 1.88. The van der Waals surface area contributed by atoms with E-state index in [-0.39, 0.29) is 47.9 Å². The van der Waals surface area contributed by atoms with Crippen LogP contribution < -0.4 is 5.32 Å². The number of allylic oxidation sites excluding steroid dienone is 2. The van der Waals surface area contributed by atoms with Crippen LogP contribution in [0, 0.1) is 23.7 Å². The lowest BCUT2D eigenvalue weighted by molar-refractivity contribution is -0.143.